The molecule has 0 saturated heterocycles. The number of hydrogen-bond donors (Lipinski definition) is 0. The summed E-state index contributed by atoms with van der Waals surface area (Å²) >= 11 is 0. The first-order valence-corrected chi connectivity index (χ1v) is 3.82. The van der Waals surface area contributed by atoms with E-state index in [1.165, 1.54) is 6.08 Å². The van der Waals surface area contributed by atoms with Crippen molar-refractivity contribution in [2.24, 2.45) is 4.99 Å². The standard InChI is InChI=1S/C10H13NO/c1-4-5-6-10(11-8-12)7-9(2)3/h5-7H,2,4H2,1,3H3/b6-5-,10-7+. The summed E-state index contributed by atoms with van der Waals surface area (Å²) in [5, 5.41) is 0. The predicted molar refractivity (Wildman–Crippen MR) is 50.4 cm³/mol. The molecule has 0 bridgehead atoms. The lowest BCUT2D eigenvalue weighted by molar-refractivity contribution is 0.565. The number of rotatable bonds is 4. The molecule has 0 radical (unpaired) electrons. The largest absolute Gasteiger partial charge is 0.240 e. The second kappa shape index (κ2) is 6.32. The first-order valence-electron chi connectivity index (χ1n) is 3.82. The monoisotopic (exact) mass is 163 g/mol. The summed E-state index contributed by atoms with van der Waals surface area (Å²) in [4.78, 5) is 13.5. The van der Waals surface area contributed by atoms with Crippen LogP contribution in [0.5, 0.6) is 0 Å². The van der Waals surface area contributed by atoms with Crippen LogP contribution in [0, 0.1) is 0 Å². The summed E-state index contributed by atoms with van der Waals surface area (Å²) in [5.74, 6) is 0. The highest BCUT2D eigenvalue weighted by Crippen LogP contribution is 2.03. The van der Waals surface area contributed by atoms with Crippen molar-refractivity contribution in [1.29, 1.82) is 0 Å². The number of carbonyl (C=O) groups excluding carboxylic acids is 1. The maximum Gasteiger partial charge on any atom is 0.240 e. The van der Waals surface area contributed by atoms with Gasteiger partial charge in [-0.25, -0.2) is 4.79 Å². The van der Waals surface area contributed by atoms with Crippen LogP contribution < -0.4 is 0 Å². The second-order valence-corrected chi connectivity index (χ2v) is 2.43. The highest BCUT2D eigenvalue weighted by molar-refractivity contribution is 5.41. The Morgan fingerprint density at radius 3 is 2.75 bits per heavy atom. The zero-order valence-electron chi connectivity index (χ0n) is 7.50. The first-order chi connectivity index (χ1) is 5.70. The van der Waals surface area contributed by atoms with Crippen molar-refractivity contribution in [3.05, 3.63) is 36.1 Å². The van der Waals surface area contributed by atoms with Crippen molar-refractivity contribution in [2.75, 3.05) is 0 Å². The zero-order valence-corrected chi connectivity index (χ0v) is 7.50. The summed E-state index contributed by atoms with van der Waals surface area (Å²) in [6.45, 7) is 7.55. The van der Waals surface area contributed by atoms with Crippen LogP contribution in [0.3, 0.4) is 0 Å². The summed E-state index contributed by atoms with van der Waals surface area (Å²) in [5.41, 5.74) is 1.46. The molecule has 0 fully saturated rings. The van der Waals surface area contributed by atoms with Crippen LogP contribution >= 0.6 is 0 Å². The average molecular weight is 163 g/mol. The Labute approximate surface area is 73.0 Å². The lowest BCUT2D eigenvalue weighted by Crippen LogP contribution is -1.73. The van der Waals surface area contributed by atoms with Gasteiger partial charge < -0.3 is 0 Å². The molecule has 0 aromatic carbocycles. The third-order valence-electron chi connectivity index (χ3n) is 1.09. The van der Waals surface area contributed by atoms with Gasteiger partial charge in [-0.1, -0.05) is 25.2 Å². The zero-order chi connectivity index (χ0) is 9.40. The molecule has 0 aromatic rings. The van der Waals surface area contributed by atoms with E-state index in [1.807, 2.05) is 19.9 Å². The molecule has 0 unspecified atom stereocenters. The van der Waals surface area contributed by atoms with E-state index < -0.39 is 0 Å². The summed E-state index contributed by atoms with van der Waals surface area (Å²) in [7, 11) is 0. The Morgan fingerprint density at radius 1 is 1.67 bits per heavy atom. The SMILES string of the molecule is C=C(C)/C=C(\C=C/CC)N=C=O. The molecule has 12 heavy (non-hydrogen) atoms. The fourth-order valence-corrected chi connectivity index (χ4v) is 0.661. The van der Waals surface area contributed by atoms with Gasteiger partial charge in [0, 0.05) is 0 Å². The number of aliphatic imine (C=N–C) groups is 1. The Bertz CT molecular complexity index is 255. The molecule has 0 saturated carbocycles. The van der Waals surface area contributed by atoms with Crippen LogP contribution in [0.25, 0.3) is 0 Å². The second-order valence-electron chi connectivity index (χ2n) is 2.43. The van der Waals surface area contributed by atoms with Crippen molar-refractivity contribution in [1.82, 2.24) is 0 Å². The van der Waals surface area contributed by atoms with E-state index in [9.17, 15) is 4.79 Å². The topological polar surface area (TPSA) is 29.4 Å². The molecule has 0 aliphatic heterocycles. The lowest BCUT2D eigenvalue weighted by atomic mass is 10.2. The molecular weight excluding hydrogens is 150 g/mol. The molecule has 0 heterocycles. The molecular formula is C10H13NO. The minimum absolute atomic E-state index is 0.597. The normalized spacial score (nSPS) is 11.3. The molecule has 0 atom stereocenters. The van der Waals surface area contributed by atoms with E-state index in [-0.39, 0.29) is 0 Å². The highest BCUT2D eigenvalue weighted by Gasteiger charge is 1.86. The quantitative estimate of drug-likeness (QED) is 0.356. The van der Waals surface area contributed by atoms with E-state index >= 15 is 0 Å². The van der Waals surface area contributed by atoms with Crippen molar-refractivity contribution in [2.45, 2.75) is 20.3 Å². The van der Waals surface area contributed by atoms with Gasteiger partial charge in [0.2, 0.25) is 6.08 Å². The Morgan fingerprint density at radius 2 is 2.33 bits per heavy atom. The van der Waals surface area contributed by atoms with E-state index in [4.69, 9.17) is 0 Å². The van der Waals surface area contributed by atoms with Crippen LogP contribution in [-0.4, -0.2) is 6.08 Å². The fourth-order valence-electron chi connectivity index (χ4n) is 0.661. The molecule has 2 nitrogen and oxygen atoms in total. The fraction of sp³-hybridized carbons (Fsp3) is 0.300. The van der Waals surface area contributed by atoms with E-state index in [1.54, 1.807) is 12.2 Å². The van der Waals surface area contributed by atoms with Gasteiger partial charge in [-0.15, -0.1) is 0 Å². The van der Waals surface area contributed by atoms with Gasteiger partial charge in [0.15, 0.2) is 0 Å². The van der Waals surface area contributed by atoms with E-state index in [0.29, 0.717) is 5.70 Å². The van der Waals surface area contributed by atoms with Gasteiger partial charge in [0.05, 0.1) is 5.70 Å². The van der Waals surface area contributed by atoms with E-state index in [0.717, 1.165) is 12.0 Å². The van der Waals surface area contributed by atoms with Crippen LogP contribution in [0.2, 0.25) is 0 Å². The third-order valence-corrected chi connectivity index (χ3v) is 1.09. The van der Waals surface area contributed by atoms with Crippen molar-refractivity contribution in [3.8, 4) is 0 Å². The van der Waals surface area contributed by atoms with Gasteiger partial charge in [-0.3, -0.25) is 0 Å². The van der Waals surface area contributed by atoms with Crippen LogP contribution in [0.1, 0.15) is 20.3 Å². The first kappa shape index (κ1) is 10.6. The van der Waals surface area contributed by atoms with Crippen molar-refractivity contribution < 1.29 is 4.79 Å². The van der Waals surface area contributed by atoms with Crippen LogP contribution in [0.15, 0.2) is 41.1 Å². The number of allylic oxidation sites excluding steroid dienone is 4. The number of hydrogen-bond acceptors (Lipinski definition) is 2. The predicted octanol–water partition coefficient (Wildman–Crippen LogP) is 2.75. The Balaban J connectivity index is 4.54. The molecule has 0 aliphatic carbocycles. The molecule has 0 aliphatic rings. The lowest BCUT2D eigenvalue weighted by Gasteiger charge is -1.90. The molecule has 0 rings (SSSR count). The Hall–Kier alpha value is -1.40. The molecule has 64 valence electrons. The molecule has 2 heteroatoms. The number of isocyanates is 1. The minimum atomic E-state index is 0.597. The van der Waals surface area contributed by atoms with Gasteiger partial charge in [-0.2, -0.15) is 4.99 Å². The summed E-state index contributed by atoms with van der Waals surface area (Å²) < 4.78 is 0. The smallest absolute Gasteiger partial charge is 0.211 e. The molecule has 0 aromatic heterocycles. The van der Waals surface area contributed by atoms with Gasteiger partial charge in [0.1, 0.15) is 0 Å². The van der Waals surface area contributed by atoms with Gasteiger partial charge in [-0.05, 0) is 25.5 Å². The summed E-state index contributed by atoms with van der Waals surface area (Å²) in [6.07, 6.45) is 7.85. The molecule has 0 amide bonds. The average Bonchev–Trinajstić information content (AvgIpc) is 2.00. The molecule has 0 spiro atoms. The third kappa shape index (κ3) is 5.39. The van der Waals surface area contributed by atoms with Crippen LogP contribution in [0.4, 0.5) is 0 Å². The van der Waals surface area contributed by atoms with Crippen LogP contribution in [-0.2, 0) is 4.79 Å². The maximum atomic E-state index is 9.96. The van der Waals surface area contributed by atoms with Gasteiger partial charge in [0.25, 0.3) is 0 Å². The van der Waals surface area contributed by atoms with Gasteiger partial charge >= 0.3 is 0 Å². The van der Waals surface area contributed by atoms with E-state index in [2.05, 4.69) is 11.6 Å². The Kier molecular flexibility index (Phi) is 5.58. The highest BCUT2D eigenvalue weighted by atomic mass is 16.1. The maximum absolute atomic E-state index is 9.96. The number of nitrogens with zero attached hydrogens (tertiary/aromatic N) is 1. The molecule has 0 N–H and O–H groups in total. The van der Waals surface area contributed by atoms with Crippen molar-refractivity contribution in [3.63, 3.8) is 0 Å². The van der Waals surface area contributed by atoms with Crippen molar-refractivity contribution >= 4 is 6.08 Å². The minimum Gasteiger partial charge on any atom is -0.211 e. The summed E-state index contributed by atoms with van der Waals surface area (Å²) in [6, 6.07) is 0.